The highest BCUT2D eigenvalue weighted by Gasteiger charge is 2.25. The molecule has 5 nitrogen and oxygen atoms in total. The molecule has 0 bridgehead atoms. The molecule has 1 aromatic carbocycles. The molecule has 32 heavy (non-hydrogen) atoms. The molecule has 0 spiro atoms. The molecule has 2 aromatic rings. The Morgan fingerprint density at radius 3 is 2.56 bits per heavy atom. The van der Waals surface area contributed by atoms with Crippen molar-refractivity contribution in [3.8, 4) is 0 Å². The Labute approximate surface area is 191 Å². The monoisotopic (exact) mass is 433 g/mol. The van der Waals surface area contributed by atoms with Crippen molar-refractivity contribution in [1.29, 1.82) is 0 Å². The maximum absolute atomic E-state index is 12.8. The van der Waals surface area contributed by atoms with E-state index in [1.165, 1.54) is 24.0 Å². The number of carbonyl (C=O) groups excluding carboxylic acids is 2. The Morgan fingerprint density at radius 2 is 1.81 bits per heavy atom. The number of Topliss-reactive ketones (excluding diaryl/α,β-unsaturated/α-hetero) is 1. The van der Waals surface area contributed by atoms with Crippen molar-refractivity contribution in [2.75, 3.05) is 26.7 Å². The molecule has 170 valence electrons. The van der Waals surface area contributed by atoms with Crippen LogP contribution in [-0.4, -0.2) is 59.2 Å². The number of piperidine rings is 1. The Hall–Kier alpha value is -2.53. The summed E-state index contributed by atoms with van der Waals surface area (Å²) in [4.78, 5) is 34.2. The van der Waals surface area contributed by atoms with E-state index in [0.29, 0.717) is 12.8 Å². The number of nitrogens with zero attached hydrogens (tertiary/aromatic N) is 3. The molecule has 0 saturated carbocycles. The maximum Gasteiger partial charge on any atom is 0.223 e. The molecule has 1 aliphatic heterocycles. The van der Waals surface area contributed by atoms with Crippen LogP contribution >= 0.6 is 0 Å². The molecule has 4 rings (SSSR count). The molecule has 1 saturated heterocycles. The van der Waals surface area contributed by atoms with E-state index in [0.717, 1.165) is 63.0 Å². The number of aryl methyl sites for hydroxylation is 2. The van der Waals surface area contributed by atoms with E-state index < -0.39 is 0 Å². The molecule has 2 heterocycles. The second kappa shape index (κ2) is 10.9. The Morgan fingerprint density at radius 1 is 1.03 bits per heavy atom. The number of aromatic nitrogens is 1. The molecule has 1 fully saturated rings. The highest BCUT2D eigenvalue weighted by atomic mass is 16.2. The lowest BCUT2D eigenvalue weighted by molar-refractivity contribution is -0.132. The van der Waals surface area contributed by atoms with E-state index in [1.807, 2.05) is 36.3 Å². The molecule has 0 N–H and O–H groups in total. The van der Waals surface area contributed by atoms with Crippen LogP contribution in [0.5, 0.6) is 0 Å². The average molecular weight is 434 g/mol. The van der Waals surface area contributed by atoms with Crippen molar-refractivity contribution in [3.05, 3.63) is 65.0 Å². The fourth-order valence-electron chi connectivity index (χ4n) is 5.00. The average Bonchev–Trinajstić information content (AvgIpc) is 2.86. The highest BCUT2D eigenvalue weighted by Crippen LogP contribution is 2.23. The van der Waals surface area contributed by atoms with Gasteiger partial charge in [-0.3, -0.25) is 14.6 Å². The highest BCUT2D eigenvalue weighted by molar-refractivity contribution is 5.98. The quantitative estimate of drug-likeness (QED) is 0.589. The number of benzene rings is 1. The van der Waals surface area contributed by atoms with Crippen molar-refractivity contribution < 1.29 is 9.59 Å². The third kappa shape index (κ3) is 5.83. The lowest BCUT2D eigenvalue weighted by Gasteiger charge is -2.36. The second-order valence-corrected chi connectivity index (χ2v) is 9.26. The number of likely N-dealkylation sites (tertiary alicyclic amines) is 1. The summed E-state index contributed by atoms with van der Waals surface area (Å²) in [5, 5.41) is 0. The van der Waals surface area contributed by atoms with Crippen LogP contribution in [0.2, 0.25) is 0 Å². The largest absolute Gasteiger partial charge is 0.343 e. The zero-order chi connectivity index (χ0) is 22.3. The van der Waals surface area contributed by atoms with Gasteiger partial charge in [0.1, 0.15) is 0 Å². The number of hydrogen-bond donors (Lipinski definition) is 0. The lowest BCUT2D eigenvalue weighted by atomic mass is 9.89. The third-order valence-electron chi connectivity index (χ3n) is 7.14. The minimum atomic E-state index is 0.0863. The lowest BCUT2D eigenvalue weighted by Crippen LogP contribution is -2.46. The molecule has 0 atom stereocenters. The number of amides is 1. The van der Waals surface area contributed by atoms with Crippen molar-refractivity contribution >= 4 is 11.7 Å². The van der Waals surface area contributed by atoms with Gasteiger partial charge in [0.25, 0.3) is 0 Å². The van der Waals surface area contributed by atoms with Gasteiger partial charge < -0.3 is 9.80 Å². The molecular weight excluding hydrogens is 398 g/mol. The van der Waals surface area contributed by atoms with Crippen LogP contribution in [0.15, 0.2) is 42.6 Å². The summed E-state index contributed by atoms with van der Waals surface area (Å²) in [7, 11) is 1.90. The van der Waals surface area contributed by atoms with Gasteiger partial charge in [-0.05, 0) is 67.9 Å². The number of pyridine rings is 1. The second-order valence-electron chi connectivity index (χ2n) is 9.26. The standard InChI is InChI=1S/C27H35N3O2/c1-29(25-14-18-30(19-15-25)17-13-24-8-4-5-16-28-24)27(32)12-11-26(31)23-10-9-21-6-2-3-7-22(21)20-23/h4-5,8-10,16,20,25H,2-3,6-7,11-15,17-19H2,1H3. The van der Waals surface area contributed by atoms with Crippen molar-refractivity contribution in [3.63, 3.8) is 0 Å². The van der Waals surface area contributed by atoms with Gasteiger partial charge in [-0.15, -0.1) is 0 Å². The molecule has 2 aliphatic rings. The number of carbonyl (C=O) groups is 2. The predicted octanol–water partition coefficient (Wildman–Crippen LogP) is 4.09. The third-order valence-corrected chi connectivity index (χ3v) is 7.14. The van der Waals surface area contributed by atoms with Gasteiger partial charge in [-0.1, -0.05) is 18.2 Å². The zero-order valence-corrected chi connectivity index (χ0v) is 19.3. The van der Waals surface area contributed by atoms with Crippen LogP contribution < -0.4 is 0 Å². The van der Waals surface area contributed by atoms with E-state index in [-0.39, 0.29) is 17.7 Å². The maximum atomic E-state index is 12.8. The summed E-state index contributed by atoms with van der Waals surface area (Å²) >= 11 is 0. The molecule has 1 aromatic heterocycles. The van der Waals surface area contributed by atoms with Crippen LogP contribution in [0, 0.1) is 0 Å². The molecule has 0 unspecified atom stereocenters. The summed E-state index contributed by atoms with van der Waals surface area (Å²) in [6, 6.07) is 12.4. The van der Waals surface area contributed by atoms with E-state index in [1.54, 1.807) is 0 Å². The van der Waals surface area contributed by atoms with Gasteiger partial charge >= 0.3 is 0 Å². The molecule has 1 aliphatic carbocycles. The van der Waals surface area contributed by atoms with Crippen LogP contribution in [0.25, 0.3) is 0 Å². The van der Waals surface area contributed by atoms with Crippen LogP contribution in [0.1, 0.15) is 65.7 Å². The normalized spacial score (nSPS) is 17.0. The van der Waals surface area contributed by atoms with Gasteiger partial charge in [0.2, 0.25) is 5.91 Å². The van der Waals surface area contributed by atoms with Crippen molar-refractivity contribution in [2.24, 2.45) is 0 Å². The number of rotatable bonds is 8. The Kier molecular flexibility index (Phi) is 7.69. The van der Waals surface area contributed by atoms with Crippen LogP contribution in [0.4, 0.5) is 0 Å². The van der Waals surface area contributed by atoms with Gasteiger partial charge in [0.05, 0.1) is 0 Å². The van der Waals surface area contributed by atoms with Gasteiger partial charge in [0.15, 0.2) is 5.78 Å². The summed E-state index contributed by atoms with van der Waals surface area (Å²) in [5.74, 6) is 0.174. The summed E-state index contributed by atoms with van der Waals surface area (Å²) < 4.78 is 0. The van der Waals surface area contributed by atoms with E-state index in [2.05, 4.69) is 28.1 Å². The molecule has 5 heteroatoms. The predicted molar refractivity (Wildman–Crippen MR) is 127 cm³/mol. The van der Waals surface area contributed by atoms with Gasteiger partial charge in [-0.2, -0.15) is 0 Å². The summed E-state index contributed by atoms with van der Waals surface area (Å²) in [6.45, 7) is 3.02. The van der Waals surface area contributed by atoms with Gasteiger partial charge in [-0.25, -0.2) is 0 Å². The van der Waals surface area contributed by atoms with Crippen molar-refractivity contribution in [1.82, 2.24) is 14.8 Å². The minimum absolute atomic E-state index is 0.0863. The smallest absolute Gasteiger partial charge is 0.223 e. The number of hydrogen-bond acceptors (Lipinski definition) is 4. The van der Waals surface area contributed by atoms with Crippen LogP contribution in [-0.2, 0) is 24.1 Å². The van der Waals surface area contributed by atoms with E-state index in [4.69, 9.17) is 0 Å². The summed E-state index contributed by atoms with van der Waals surface area (Å²) in [5.41, 5.74) is 4.60. The number of fused-ring (bicyclic) bond motifs is 1. The SMILES string of the molecule is CN(C(=O)CCC(=O)c1ccc2c(c1)CCCC2)C1CCN(CCc2ccccn2)CC1. The first kappa shape index (κ1) is 22.7. The Balaban J connectivity index is 1.20. The topological polar surface area (TPSA) is 53.5 Å². The molecule has 1 amide bonds. The van der Waals surface area contributed by atoms with Crippen molar-refractivity contribution in [2.45, 2.75) is 63.8 Å². The van der Waals surface area contributed by atoms with E-state index in [9.17, 15) is 9.59 Å². The van der Waals surface area contributed by atoms with Gasteiger partial charge in [0, 0.05) is 69.4 Å². The first-order chi connectivity index (χ1) is 15.6. The first-order valence-electron chi connectivity index (χ1n) is 12.1. The first-order valence-corrected chi connectivity index (χ1v) is 12.1. The fourth-order valence-corrected chi connectivity index (χ4v) is 5.00. The van der Waals surface area contributed by atoms with Crippen LogP contribution in [0.3, 0.4) is 0 Å². The zero-order valence-electron chi connectivity index (χ0n) is 19.3. The number of ketones is 1. The molecular formula is C27H35N3O2. The fraction of sp³-hybridized carbons (Fsp3) is 0.519. The summed E-state index contributed by atoms with van der Waals surface area (Å²) in [6.07, 6.45) is 10.0. The Bertz CT molecular complexity index is 920. The molecule has 0 radical (unpaired) electrons. The van der Waals surface area contributed by atoms with E-state index >= 15 is 0 Å². The minimum Gasteiger partial charge on any atom is -0.343 e.